The van der Waals surface area contributed by atoms with Crippen molar-refractivity contribution in [2.45, 2.75) is 44.6 Å². The van der Waals surface area contributed by atoms with Crippen molar-refractivity contribution in [2.24, 2.45) is 0 Å². The van der Waals surface area contributed by atoms with Crippen LogP contribution in [0.3, 0.4) is 0 Å². The van der Waals surface area contributed by atoms with Crippen LogP contribution in [0.1, 0.15) is 53.5 Å². The van der Waals surface area contributed by atoms with Gasteiger partial charge in [0.05, 0.1) is 6.10 Å². The third kappa shape index (κ3) is 2.86. The summed E-state index contributed by atoms with van der Waals surface area (Å²) in [5, 5.41) is 10.5. The molecule has 3 rings (SSSR count). The first-order valence-electron chi connectivity index (χ1n) is 7.67. The molecule has 1 aliphatic rings. The van der Waals surface area contributed by atoms with E-state index in [2.05, 4.69) is 24.3 Å². The van der Waals surface area contributed by atoms with Gasteiger partial charge in [-0.25, -0.2) is 4.39 Å². The number of aliphatic hydroxyl groups is 1. The van der Waals surface area contributed by atoms with Crippen LogP contribution in [0, 0.1) is 12.7 Å². The number of rotatable bonds is 3. The van der Waals surface area contributed by atoms with Crippen LogP contribution in [0.25, 0.3) is 0 Å². The Morgan fingerprint density at radius 2 is 2.00 bits per heavy atom. The van der Waals surface area contributed by atoms with Crippen molar-refractivity contribution in [3.63, 3.8) is 0 Å². The fraction of sp³-hybridized carbons (Fsp3) is 0.368. The molecule has 2 unspecified atom stereocenters. The molecule has 1 aliphatic carbocycles. The Labute approximate surface area is 125 Å². The van der Waals surface area contributed by atoms with Crippen molar-refractivity contribution in [3.8, 4) is 0 Å². The third-order valence-corrected chi connectivity index (χ3v) is 4.58. The van der Waals surface area contributed by atoms with Crippen LogP contribution in [0.2, 0.25) is 0 Å². The molecule has 0 heterocycles. The lowest BCUT2D eigenvalue weighted by atomic mass is 9.79. The standard InChI is InChI=1S/C19H21FO/c1-13-6-4-11-17(19(13)20)18(21)12-15-9-5-8-14-7-2-3-10-16(14)15/h2-4,6-7,10-11,15,18,21H,5,8-9,12H2,1H3. The Morgan fingerprint density at radius 3 is 2.86 bits per heavy atom. The minimum absolute atomic E-state index is 0.269. The quantitative estimate of drug-likeness (QED) is 0.867. The fourth-order valence-electron chi connectivity index (χ4n) is 3.42. The van der Waals surface area contributed by atoms with E-state index in [1.54, 1.807) is 19.1 Å². The normalized spacial score (nSPS) is 19.1. The largest absolute Gasteiger partial charge is 0.388 e. The molecule has 2 aromatic carbocycles. The van der Waals surface area contributed by atoms with Gasteiger partial charge >= 0.3 is 0 Å². The second kappa shape index (κ2) is 5.98. The van der Waals surface area contributed by atoms with E-state index in [4.69, 9.17) is 0 Å². The molecule has 0 amide bonds. The molecule has 0 aliphatic heterocycles. The minimum atomic E-state index is -0.735. The van der Waals surface area contributed by atoms with Crippen LogP contribution in [-0.4, -0.2) is 5.11 Å². The number of halogens is 1. The Bertz CT molecular complexity index is 635. The summed E-state index contributed by atoms with van der Waals surface area (Å²) in [6.45, 7) is 1.74. The van der Waals surface area contributed by atoms with Crippen molar-refractivity contribution >= 4 is 0 Å². The molecule has 2 atom stereocenters. The monoisotopic (exact) mass is 284 g/mol. The summed E-state index contributed by atoms with van der Waals surface area (Å²) in [7, 11) is 0. The average Bonchev–Trinajstić information content (AvgIpc) is 2.50. The highest BCUT2D eigenvalue weighted by Gasteiger charge is 2.24. The van der Waals surface area contributed by atoms with Gasteiger partial charge in [0.15, 0.2) is 0 Å². The lowest BCUT2D eigenvalue weighted by Crippen LogP contribution is -2.14. The Hall–Kier alpha value is -1.67. The van der Waals surface area contributed by atoms with E-state index in [0.29, 0.717) is 23.5 Å². The van der Waals surface area contributed by atoms with Crippen molar-refractivity contribution in [2.75, 3.05) is 0 Å². The minimum Gasteiger partial charge on any atom is -0.388 e. The Balaban J connectivity index is 1.83. The second-order valence-corrected chi connectivity index (χ2v) is 6.02. The van der Waals surface area contributed by atoms with E-state index in [-0.39, 0.29) is 5.82 Å². The predicted octanol–water partition coefficient (Wildman–Crippen LogP) is 4.68. The van der Waals surface area contributed by atoms with E-state index in [1.807, 2.05) is 6.07 Å². The van der Waals surface area contributed by atoms with Crippen LogP contribution in [0.4, 0.5) is 4.39 Å². The van der Waals surface area contributed by atoms with Crippen LogP contribution >= 0.6 is 0 Å². The maximum atomic E-state index is 14.1. The highest BCUT2D eigenvalue weighted by Crippen LogP contribution is 2.38. The molecule has 0 spiro atoms. The number of benzene rings is 2. The van der Waals surface area contributed by atoms with Gasteiger partial charge in [-0.05, 0) is 55.2 Å². The van der Waals surface area contributed by atoms with Crippen LogP contribution in [-0.2, 0) is 6.42 Å². The number of hydrogen-bond acceptors (Lipinski definition) is 1. The van der Waals surface area contributed by atoms with Crippen molar-refractivity contribution < 1.29 is 9.50 Å². The van der Waals surface area contributed by atoms with Gasteiger partial charge in [-0.1, -0.05) is 42.5 Å². The smallest absolute Gasteiger partial charge is 0.131 e. The van der Waals surface area contributed by atoms with Crippen LogP contribution < -0.4 is 0 Å². The van der Waals surface area contributed by atoms with E-state index in [0.717, 1.165) is 19.3 Å². The second-order valence-electron chi connectivity index (χ2n) is 6.02. The fourth-order valence-corrected chi connectivity index (χ4v) is 3.42. The molecule has 21 heavy (non-hydrogen) atoms. The molecule has 0 saturated carbocycles. The third-order valence-electron chi connectivity index (χ3n) is 4.58. The maximum absolute atomic E-state index is 14.1. The molecule has 1 nitrogen and oxygen atoms in total. The Morgan fingerprint density at radius 1 is 1.19 bits per heavy atom. The van der Waals surface area contributed by atoms with Gasteiger partial charge in [0.1, 0.15) is 5.82 Å². The van der Waals surface area contributed by atoms with E-state index >= 15 is 0 Å². The molecule has 2 aromatic rings. The molecule has 0 bridgehead atoms. The molecule has 0 radical (unpaired) electrons. The highest BCUT2D eigenvalue weighted by atomic mass is 19.1. The number of hydrogen-bond donors (Lipinski definition) is 1. The van der Waals surface area contributed by atoms with Gasteiger partial charge in [0.25, 0.3) is 0 Å². The summed E-state index contributed by atoms with van der Waals surface area (Å²) in [6.07, 6.45) is 3.19. The lowest BCUT2D eigenvalue weighted by molar-refractivity contribution is 0.149. The van der Waals surface area contributed by atoms with Gasteiger partial charge in [0.2, 0.25) is 0 Å². The summed E-state index contributed by atoms with van der Waals surface area (Å²) >= 11 is 0. The SMILES string of the molecule is Cc1cccc(C(O)CC2CCCc3ccccc32)c1F. The first kappa shape index (κ1) is 14.3. The van der Waals surface area contributed by atoms with Gasteiger partial charge in [-0.2, -0.15) is 0 Å². The molecule has 0 aromatic heterocycles. The number of fused-ring (bicyclic) bond motifs is 1. The topological polar surface area (TPSA) is 20.2 Å². The summed E-state index contributed by atoms with van der Waals surface area (Å²) < 4.78 is 14.1. The number of aryl methyl sites for hydroxylation is 2. The van der Waals surface area contributed by atoms with Gasteiger partial charge < -0.3 is 5.11 Å². The first-order chi connectivity index (χ1) is 10.2. The maximum Gasteiger partial charge on any atom is 0.131 e. The van der Waals surface area contributed by atoms with E-state index < -0.39 is 6.10 Å². The summed E-state index contributed by atoms with van der Waals surface area (Å²) in [5.74, 6) is 0.0546. The predicted molar refractivity (Wildman–Crippen MR) is 82.8 cm³/mol. The zero-order valence-electron chi connectivity index (χ0n) is 12.3. The van der Waals surface area contributed by atoms with Crippen molar-refractivity contribution in [3.05, 3.63) is 70.5 Å². The number of aliphatic hydroxyl groups excluding tert-OH is 1. The summed E-state index contributed by atoms with van der Waals surface area (Å²) in [4.78, 5) is 0. The molecule has 0 fully saturated rings. The molecular formula is C19H21FO. The van der Waals surface area contributed by atoms with E-state index in [1.165, 1.54) is 11.1 Å². The molecule has 110 valence electrons. The average molecular weight is 284 g/mol. The van der Waals surface area contributed by atoms with Crippen molar-refractivity contribution in [1.82, 2.24) is 0 Å². The van der Waals surface area contributed by atoms with Gasteiger partial charge in [-0.15, -0.1) is 0 Å². The molecule has 2 heteroatoms. The highest BCUT2D eigenvalue weighted by molar-refractivity contribution is 5.33. The van der Waals surface area contributed by atoms with E-state index in [9.17, 15) is 9.50 Å². The lowest BCUT2D eigenvalue weighted by Gasteiger charge is -2.27. The zero-order chi connectivity index (χ0) is 14.8. The Kier molecular flexibility index (Phi) is 4.07. The molecule has 1 N–H and O–H groups in total. The zero-order valence-corrected chi connectivity index (χ0v) is 12.3. The summed E-state index contributed by atoms with van der Waals surface area (Å²) in [6, 6.07) is 13.7. The molecular weight excluding hydrogens is 263 g/mol. The first-order valence-corrected chi connectivity index (χ1v) is 7.67. The van der Waals surface area contributed by atoms with Crippen LogP contribution in [0.5, 0.6) is 0 Å². The van der Waals surface area contributed by atoms with Gasteiger partial charge in [-0.3, -0.25) is 0 Å². The van der Waals surface area contributed by atoms with Crippen LogP contribution in [0.15, 0.2) is 42.5 Å². The van der Waals surface area contributed by atoms with Crippen molar-refractivity contribution in [1.29, 1.82) is 0 Å². The van der Waals surface area contributed by atoms with Gasteiger partial charge in [0, 0.05) is 5.56 Å². The molecule has 0 saturated heterocycles. The summed E-state index contributed by atoms with van der Waals surface area (Å²) in [5.41, 5.74) is 3.73.